The fourth-order valence-corrected chi connectivity index (χ4v) is 2.95. The monoisotopic (exact) mass is 362 g/mol. The molecule has 0 radical (unpaired) electrons. The first kappa shape index (κ1) is 18.9. The maximum Gasteiger partial charge on any atom is 0.272 e. The minimum absolute atomic E-state index is 0.00297. The summed E-state index contributed by atoms with van der Waals surface area (Å²) in [7, 11) is 3.99. The number of carbonyl (C=O) groups excluding carboxylic acids is 1. The number of hydrogen-bond donors (Lipinski definition) is 2. The van der Waals surface area contributed by atoms with Crippen molar-refractivity contribution in [3.63, 3.8) is 0 Å². The standard InChI is InChI=1S/C18H20ClN3O3/c1-12-10-13(8-9-16(12)22(24)25)18(23)20-11-17(21(2)3)14-6-4-5-7-15(14)19/h4-10,17H,11H2,1-3H3,(H,20,23)/p+1/t17-/m1/s1. The lowest BCUT2D eigenvalue weighted by atomic mass is 10.1. The van der Waals surface area contributed by atoms with Crippen LogP contribution in [0.25, 0.3) is 0 Å². The van der Waals surface area contributed by atoms with Gasteiger partial charge in [-0.1, -0.05) is 29.8 Å². The van der Waals surface area contributed by atoms with E-state index in [9.17, 15) is 14.9 Å². The van der Waals surface area contributed by atoms with E-state index in [1.165, 1.54) is 18.2 Å². The van der Waals surface area contributed by atoms with E-state index in [-0.39, 0.29) is 17.6 Å². The number of carbonyl (C=O) groups is 1. The van der Waals surface area contributed by atoms with Gasteiger partial charge in [0.2, 0.25) is 0 Å². The number of nitro benzene ring substituents is 1. The molecule has 0 fully saturated rings. The number of nitrogens with zero attached hydrogens (tertiary/aromatic N) is 1. The van der Waals surface area contributed by atoms with Gasteiger partial charge in [0.1, 0.15) is 6.04 Å². The van der Waals surface area contributed by atoms with Crippen LogP contribution in [-0.2, 0) is 0 Å². The number of halogens is 1. The summed E-state index contributed by atoms with van der Waals surface area (Å²) in [5.74, 6) is -0.267. The summed E-state index contributed by atoms with van der Waals surface area (Å²) in [5, 5.41) is 14.4. The van der Waals surface area contributed by atoms with Crippen LogP contribution in [0.3, 0.4) is 0 Å². The third-order valence-corrected chi connectivity index (χ3v) is 4.44. The average Bonchev–Trinajstić information content (AvgIpc) is 2.55. The van der Waals surface area contributed by atoms with E-state index >= 15 is 0 Å². The van der Waals surface area contributed by atoms with Crippen molar-refractivity contribution in [2.45, 2.75) is 13.0 Å². The molecule has 0 unspecified atom stereocenters. The van der Waals surface area contributed by atoms with Crippen molar-refractivity contribution in [3.05, 3.63) is 74.3 Å². The van der Waals surface area contributed by atoms with Gasteiger partial charge < -0.3 is 10.2 Å². The summed E-state index contributed by atoms with van der Waals surface area (Å²) < 4.78 is 0. The van der Waals surface area contributed by atoms with E-state index in [1.807, 2.05) is 38.4 Å². The molecule has 0 saturated heterocycles. The summed E-state index contributed by atoms with van der Waals surface area (Å²) >= 11 is 6.27. The second kappa shape index (κ2) is 8.09. The van der Waals surface area contributed by atoms with Crippen molar-refractivity contribution in [1.29, 1.82) is 0 Å². The van der Waals surface area contributed by atoms with Crippen LogP contribution in [0.4, 0.5) is 5.69 Å². The third-order valence-electron chi connectivity index (χ3n) is 4.10. The number of benzene rings is 2. The van der Waals surface area contributed by atoms with Gasteiger partial charge >= 0.3 is 0 Å². The Hall–Kier alpha value is -2.44. The first-order valence-electron chi connectivity index (χ1n) is 7.89. The van der Waals surface area contributed by atoms with Gasteiger partial charge in [0.15, 0.2) is 0 Å². The van der Waals surface area contributed by atoms with E-state index in [0.717, 1.165) is 10.5 Å². The highest BCUT2D eigenvalue weighted by molar-refractivity contribution is 6.31. The van der Waals surface area contributed by atoms with Crippen LogP contribution in [0.5, 0.6) is 0 Å². The zero-order valence-electron chi connectivity index (χ0n) is 14.4. The highest BCUT2D eigenvalue weighted by Gasteiger charge is 2.22. The first-order chi connectivity index (χ1) is 11.8. The predicted molar refractivity (Wildman–Crippen MR) is 97.2 cm³/mol. The number of rotatable bonds is 6. The number of nitrogens with one attached hydrogen (secondary N) is 2. The van der Waals surface area contributed by atoms with E-state index in [2.05, 4.69) is 5.32 Å². The van der Waals surface area contributed by atoms with Crippen molar-refractivity contribution in [3.8, 4) is 0 Å². The third kappa shape index (κ3) is 4.55. The molecule has 0 aliphatic rings. The molecule has 0 aliphatic carbocycles. The molecule has 2 rings (SSSR count). The SMILES string of the molecule is Cc1cc(C(=O)NC[C@H](c2ccccc2Cl)[NH+](C)C)ccc1[N+](=O)[O-]. The molecule has 6 nitrogen and oxygen atoms in total. The van der Waals surface area contributed by atoms with Crippen LogP contribution in [-0.4, -0.2) is 31.5 Å². The first-order valence-corrected chi connectivity index (χ1v) is 8.26. The lowest BCUT2D eigenvalue weighted by Gasteiger charge is -2.23. The summed E-state index contributed by atoms with van der Waals surface area (Å²) in [6.07, 6.45) is 0. The largest absolute Gasteiger partial charge is 0.346 e. The van der Waals surface area contributed by atoms with Crippen LogP contribution in [0.15, 0.2) is 42.5 Å². The van der Waals surface area contributed by atoms with Gasteiger partial charge in [0.25, 0.3) is 11.6 Å². The van der Waals surface area contributed by atoms with Crippen LogP contribution in [0.2, 0.25) is 5.02 Å². The Morgan fingerprint density at radius 2 is 1.96 bits per heavy atom. The smallest absolute Gasteiger partial charge is 0.272 e. The molecule has 7 heteroatoms. The summed E-state index contributed by atoms with van der Waals surface area (Å²) in [5.41, 5.74) is 1.82. The molecule has 1 amide bonds. The normalized spacial score (nSPS) is 12.0. The molecular formula is C18H21ClN3O3+. The Labute approximate surface area is 151 Å². The molecular weight excluding hydrogens is 342 g/mol. The van der Waals surface area contributed by atoms with Crippen LogP contribution in [0.1, 0.15) is 27.5 Å². The van der Waals surface area contributed by atoms with Gasteiger partial charge in [-0.25, -0.2) is 0 Å². The van der Waals surface area contributed by atoms with Crippen LogP contribution >= 0.6 is 11.6 Å². The van der Waals surface area contributed by atoms with E-state index in [4.69, 9.17) is 11.6 Å². The molecule has 2 aromatic rings. The minimum Gasteiger partial charge on any atom is -0.346 e. The molecule has 0 aliphatic heterocycles. The number of quaternary nitrogens is 1. The molecule has 0 saturated carbocycles. The summed E-state index contributed by atoms with van der Waals surface area (Å²) in [6.45, 7) is 2.02. The Balaban J connectivity index is 2.13. The Morgan fingerprint density at radius 3 is 2.52 bits per heavy atom. The second-order valence-electron chi connectivity index (χ2n) is 6.12. The van der Waals surface area contributed by atoms with E-state index in [0.29, 0.717) is 22.7 Å². The van der Waals surface area contributed by atoms with Gasteiger partial charge in [0.05, 0.1) is 25.6 Å². The Morgan fingerprint density at radius 1 is 1.28 bits per heavy atom. The van der Waals surface area contributed by atoms with Gasteiger partial charge in [-0.3, -0.25) is 14.9 Å². The van der Waals surface area contributed by atoms with Gasteiger partial charge in [-0.05, 0) is 25.1 Å². The molecule has 0 aromatic heterocycles. The minimum atomic E-state index is -0.458. The van der Waals surface area contributed by atoms with Crippen molar-refractivity contribution in [2.24, 2.45) is 0 Å². The molecule has 0 bridgehead atoms. The zero-order valence-corrected chi connectivity index (χ0v) is 15.1. The van der Waals surface area contributed by atoms with Crippen molar-refractivity contribution < 1.29 is 14.6 Å². The van der Waals surface area contributed by atoms with Crippen molar-refractivity contribution >= 4 is 23.2 Å². The number of likely N-dealkylation sites (N-methyl/N-ethyl adjacent to an activating group) is 1. The maximum atomic E-state index is 12.4. The average molecular weight is 363 g/mol. The molecule has 0 spiro atoms. The number of amides is 1. The topological polar surface area (TPSA) is 76.7 Å². The second-order valence-corrected chi connectivity index (χ2v) is 6.53. The van der Waals surface area contributed by atoms with E-state index < -0.39 is 4.92 Å². The molecule has 132 valence electrons. The molecule has 0 heterocycles. The summed E-state index contributed by atoms with van der Waals surface area (Å²) in [4.78, 5) is 23.9. The Bertz CT molecular complexity index is 793. The van der Waals surface area contributed by atoms with Crippen LogP contribution in [0, 0.1) is 17.0 Å². The molecule has 2 aromatic carbocycles. The van der Waals surface area contributed by atoms with Crippen LogP contribution < -0.4 is 10.2 Å². The lowest BCUT2D eigenvalue weighted by molar-refractivity contribution is -0.890. The predicted octanol–water partition coefficient (Wildman–Crippen LogP) is 2.17. The highest BCUT2D eigenvalue weighted by Crippen LogP contribution is 2.21. The van der Waals surface area contributed by atoms with Gasteiger partial charge in [0, 0.05) is 27.8 Å². The molecule has 2 N–H and O–H groups in total. The van der Waals surface area contributed by atoms with Crippen molar-refractivity contribution in [1.82, 2.24) is 5.32 Å². The van der Waals surface area contributed by atoms with Gasteiger partial charge in [-0.2, -0.15) is 0 Å². The zero-order chi connectivity index (χ0) is 18.6. The van der Waals surface area contributed by atoms with E-state index in [1.54, 1.807) is 6.92 Å². The fourth-order valence-electron chi connectivity index (χ4n) is 2.68. The number of hydrogen-bond acceptors (Lipinski definition) is 3. The highest BCUT2D eigenvalue weighted by atomic mass is 35.5. The number of aryl methyl sites for hydroxylation is 1. The fraction of sp³-hybridized carbons (Fsp3) is 0.278. The Kier molecular flexibility index (Phi) is 6.12. The lowest BCUT2D eigenvalue weighted by Crippen LogP contribution is -3.07. The van der Waals surface area contributed by atoms with Gasteiger partial charge in [-0.15, -0.1) is 0 Å². The molecule has 25 heavy (non-hydrogen) atoms. The number of nitro groups is 1. The maximum absolute atomic E-state index is 12.4. The quantitative estimate of drug-likeness (QED) is 0.610. The molecule has 1 atom stereocenters. The summed E-state index contributed by atoms with van der Waals surface area (Å²) in [6, 6.07) is 11.9. The van der Waals surface area contributed by atoms with Crippen molar-refractivity contribution in [2.75, 3.05) is 20.6 Å².